The summed E-state index contributed by atoms with van der Waals surface area (Å²) in [5, 5.41) is 13.1. The van der Waals surface area contributed by atoms with Crippen molar-refractivity contribution in [3.05, 3.63) is 71.4 Å². The lowest BCUT2D eigenvalue weighted by atomic mass is 10.1. The van der Waals surface area contributed by atoms with Gasteiger partial charge in [-0.1, -0.05) is 74.0 Å². The maximum Gasteiger partial charge on any atom is 0.117 e. The fraction of sp³-hybridized carbons (Fsp3) is 0.364. The van der Waals surface area contributed by atoms with Crippen molar-refractivity contribution in [1.29, 1.82) is 0 Å². The predicted octanol–water partition coefficient (Wildman–Crippen LogP) is 4.44. The Bertz CT molecular complexity index is 804. The van der Waals surface area contributed by atoms with Crippen molar-refractivity contribution in [3.8, 4) is 11.3 Å². The van der Waals surface area contributed by atoms with Crippen LogP contribution < -0.4 is 5.32 Å². The van der Waals surface area contributed by atoms with Crippen molar-refractivity contribution in [2.24, 2.45) is 5.92 Å². The summed E-state index contributed by atoms with van der Waals surface area (Å²) in [6.45, 7) is 9.02. The molecule has 0 saturated heterocycles. The molecule has 0 radical (unpaired) electrons. The number of nitrogens with zero attached hydrogens (tertiary/aromatic N) is 3. The van der Waals surface area contributed by atoms with E-state index in [1.165, 1.54) is 11.1 Å². The van der Waals surface area contributed by atoms with Crippen molar-refractivity contribution in [3.63, 3.8) is 0 Å². The highest BCUT2D eigenvalue weighted by Crippen LogP contribution is 2.20. The van der Waals surface area contributed by atoms with Gasteiger partial charge < -0.3 is 5.32 Å². The lowest BCUT2D eigenvalue weighted by Crippen LogP contribution is -2.17. The number of hydrogen-bond acceptors (Lipinski definition) is 3. The van der Waals surface area contributed by atoms with Crippen molar-refractivity contribution in [2.45, 2.75) is 40.3 Å². The number of hydrogen-bond donors (Lipinski definition) is 1. The fourth-order valence-electron chi connectivity index (χ4n) is 2.85. The Balaban J connectivity index is 1.79. The first-order chi connectivity index (χ1) is 12.6. The Kier molecular flexibility index (Phi) is 6.18. The fourth-order valence-corrected chi connectivity index (χ4v) is 2.85. The number of benzene rings is 2. The zero-order valence-electron chi connectivity index (χ0n) is 15.9. The molecular weight excluding hydrogens is 320 g/mol. The van der Waals surface area contributed by atoms with Gasteiger partial charge in [0.25, 0.3) is 0 Å². The largest absolute Gasteiger partial charge is 0.311 e. The van der Waals surface area contributed by atoms with Gasteiger partial charge in [0.15, 0.2) is 0 Å². The summed E-state index contributed by atoms with van der Waals surface area (Å²) >= 11 is 0. The molecular formula is C22H28N4. The van der Waals surface area contributed by atoms with E-state index in [-0.39, 0.29) is 0 Å². The van der Waals surface area contributed by atoms with Gasteiger partial charge in [0.05, 0.1) is 6.54 Å². The third kappa shape index (κ3) is 5.02. The zero-order chi connectivity index (χ0) is 18.4. The average molecular weight is 348 g/mol. The van der Waals surface area contributed by atoms with Gasteiger partial charge in [-0.25, -0.2) is 0 Å². The van der Waals surface area contributed by atoms with Crippen molar-refractivity contribution >= 4 is 0 Å². The van der Waals surface area contributed by atoms with Crippen molar-refractivity contribution in [2.75, 3.05) is 6.54 Å². The van der Waals surface area contributed by atoms with E-state index in [0.29, 0.717) is 12.5 Å². The number of aryl methyl sites for hydroxylation is 1. The van der Waals surface area contributed by atoms with Gasteiger partial charge in [0, 0.05) is 12.1 Å². The Morgan fingerprint density at radius 3 is 2.38 bits per heavy atom. The Morgan fingerprint density at radius 1 is 0.962 bits per heavy atom. The van der Waals surface area contributed by atoms with Gasteiger partial charge in [-0.05, 0) is 31.4 Å². The minimum atomic E-state index is 0.687. The first-order valence-electron chi connectivity index (χ1n) is 9.37. The SMILES string of the molecule is Cc1ccc(Cn2nc(CNCCC(C)C)c(-c3ccccc3)n2)cc1. The highest BCUT2D eigenvalue weighted by atomic mass is 15.5. The molecule has 0 bridgehead atoms. The molecule has 0 aliphatic rings. The molecule has 26 heavy (non-hydrogen) atoms. The molecule has 0 spiro atoms. The lowest BCUT2D eigenvalue weighted by molar-refractivity contribution is 0.529. The summed E-state index contributed by atoms with van der Waals surface area (Å²) < 4.78 is 0. The van der Waals surface area contributed by atoms with Crippen LogP contribution in [0.2, 0.25) is 0 Å². The minimum Gasteiger partial charge on any atom is -0.311 e. The molecule has 1 N–H and O–H groups in total. The van der Waals surface area contributed by atoms with Gasteiger partial charge >= 0.3 is 0 Å². The van der Waals surface area contributed by atoms with E-state index >= 15 is 0 Å². The van der Waals surface area contributed by atoms with E-state index < -0.39 is 0 Å². The predicted molar refractivity (Wildman–Crippen MR) is 107 cm³/mol. The van der Waals surface area contributed by atoms with Crippen LogP contribution in [0.5, 0.6) is 0 Å². The molecule has 0 aliphatic carbocycles. The monoisotopic (exact) mass is 348 g/mol. The first-order valence-corrected chi connectivity index (χ1v) is 9.37. The van der Waals surface area contributed by atoms with E-state index in [9.17, 15) is 0 Å². The van der Waals surface area contributed by atoms with Crippen LogP contribution in [0.1, 0.15) is 37.1 Å². The summed E-state index contributed by atoms with van der Waals surface area (Å²) in [4.78, 5) is 1.81. The van der Waals surface area contributed by atoms with Crippen LogP contribution in [0, 0.1) is 12.8 Å². The van der Waals surface area contributed by atoms with Crippen molar-refractivity contribution < 1.29 is 0 Å². The molecule has 0 aliphatic heterocycles. The standard InChI is InChI=1S/C22H28N4/c1-17(2)13-14-23-15-21-22(20-7-5-4-6-8-20)25-26(24-21)16-19-11-9-18(3)10-12-19/h4-12,17,23H,13-16H2,1-3H3. The zero-order valence-corrected chi connectivity index (χ0v) is 15.9. The quantitative estimate of drug-likeness (QED) is 0.612. The normalized spacial score (nSPS) is 11.2. The van der Waals surface area contributed by atoms with Gasteiger partial charge in [-0.3, -0.25) is 0 Å². The smallest absolute Gasteiger partial charge is 0.117 e. The molecule has 0 fully saturated rings. The van der Waals surface area contributed by atoms with Crippen LogP contribution in [0.3, 0.4) is 0 Å². The van der Waals surface area contributed by atoms with Crippen LogP contribution in [-0.2, 0) is 13.1 Å². The molecule has 2 aromatic carbocycles. The second-order valence-corrected chi connectivity index (χ2v) is 7.24. The topological polar surface area (TPSA) is 42.7 Å². The Morgan fingerprint density at radius 2 is 1.69 bits per heavy atom. The average Bonchev–Trinajstić information content (AvgIpc) is 3.04. The van der Waals surface area contributed by atoms with Crippen LogP contribution in [0.25, 0.3) is 11.3 Å². The van der Waals surface area contributed by atoms with Crippen molar-refractivity contribution in [1.82, 2.24) is 20.3 Å². The maximum atomic E-state index is 4.78. The molecule has 136 valence electrons. The Labute approximate surface area is 156 Å². The summed E-state index contributed by atoms with van der Waals surface area (Å²) in [6.07, 6.45) is 1.16. The molecule has 4 heteroatoms. The first kappa shape index (κ1) is 18.3. The van der Waals surface area contributed by atoms with Gasteiger partial charge in [0.1, 0.15) is 11.4 Å². The molecule has 0 saturated carbocycles. The van der Waals surface area contributed by atoms with Crippen LogP contribution in [0.15, 0.2) is 54.6 Å². The number of nitrogens with one attached hydrogen (secondary N) is 1. The van der Waals surface area contributed by atoms with Gasteiger partial charge in [0.2, 0.25) is 0 Å². The van der Waals surface area contributed by atoms with E-state index in [0.717, 1.165) is 36.5 Å². The molecule has 0 atom stereocenters. The molecule has 0 unspecified atom stereocenters. The van der Waals surface area contributed by atoms with Gasteiger partial charge in [-0.2, -0.15) is 15.0 Å². The van der Waals surface area contributed by atoms with E-state index in [4.69, 9.17) is 10.2 Å². The molecule has 1 heterocycles. The number of aromatic nitrogens is 3. The summed E-state index contributed by atoms with van der Waals surface area (Å²) in [5.74, 6) is 0.702. The summed E-state index contributed by atoms with van der Waals surface area (Å²) in [5.41, 5.74) is 5.57. The highest BCUT2D eigenvalue weighted by molar-refractivity contribution is 5.60. The minimum absolute atomic E-state index is 0.687. The molecule has 0 amide bonds. The molecule has 4 nitrogen and oxygen atoms in total. The van der Waals surface area contributed by atoms with Gasteiger partial charge in [-0.15, -0.1) is 0 Å². The molecule has 3 rings (SSSR count). The molecule has 1 aromatic heterocycles. The van der Waals surface area contributed by atoms with Crippen LogP contribution >= 0.6 is 0 Å². The van der Waals surface area contributed by atoms with Crippen LogP contribution in [-0.4, -0.2) is 21.5 Å². The second kappa shape index (κ2) is 8.77. The summed E-state index contributed by atoms with van der Waals surface area (Å²) in [7, 11) is 0. The number of rotatable bonds is 8. The van der Waals surface area contributed by atoms with E-state index in [2.05, 4.69) is 62.5 Å². The summed E-state index contributed by atoms with van der Waals surface area (Å²) in [6, 6.07) is 18.9. The van der Waals surface area contributed by atoms with Crippen LogP contribution in [0.4, 0.5) is 0 Å². The Hall–Kier alpha value is -2.46. The highest BCUT2D eigenvalue weighted by Gasteiger charge is 2.13. The lowest BCUT2D eigenvalue weighted by Gasteiger charge is -2.06. The maximum absolute atomic E-state index is 4.78. The third-order valence-electron chi connectivity index (χ3n) is 4.41. The molecule has 3 aromatic rings. The second-order valence-electron chi connectivity index (χ2n) is 7.24. The third-order valence-corrected chi connectivity index (χ3v) is 4.41. The van der Waals surface area contributed by atoms with E-state index in [1.807, 2.05) is 23.0 Å². The van der Waals surface area contributed by atoms with E-state index in [1.54, 1.807) is 0 Å².